The van der Waals surface area contributed by atoms with E-state index < -0.39 is 0 Å². The highest BCUT2D eigenvalue weighted by molar-refractivity contribution is 5.72. The lowest BCUT2D eigenvalue weighted by Crippen LogP contribution is -2.30. The fraction of sp³-hybridized carbons (Fsp3) is 0.917. The molecule has 0 heterocycles. The smallest absolute Gasteiger partial charge is 0.310 e. The van der Waals surface area contributed by atoms with Gasteiger partial charge in [-0.3, -0.25) is 4.79 Å². The highest BCUT2D eigenvalue weighted by atomic mass is 16.5. The van der Waals surface area contributed by atoms with Gasteiger partial charge < -0.3 is 10.1 Å². The quantitative estimate of drug-likeness (QED) is 0.662. The van der Waals surface area contributed by atoms with E-state index in [1.807, 2.05) is 20.8 Å². The normalized spacial score (nSPS) is 15.1. The number of hydrogen-bond acceptors (Lipinski definition) is 3. The van der Waals surface area contributed by atoms with E-state index in [1.165, 1.54) is 0 Å². The third kappa shape index (κ3) is 7.37. The first kappa shape index (κ1) is 14.4. The average molecular weight is 215 g/mol. The molecule has 2 atom stereocenters. The zero-order valence-corrected chi connectivity index (χ0v) is 10.7. The van der Waals surface area contributed by atoms with Crippen molar-refractivity contribution in [2.75, 3.05) is 13.1 Å². The lowest BCUT2D eigenvalue weighted by Gasteiger charge is -2.18. The zero-order chi connectivity index (χ0) is 11.8. The van der Waals surface area contributed by atoms with Crippen molar-refractivity contribution in [1.82, 2.24) is 5.32 Å². The molecule has 0 saturated heterocycles. The van der Waals surface area contributed by atoms with Crippen LogP contribution in [0.3, 0.4) is 0 Å². The third-order valence-corrected chi connectivity index (χ3v) is 2.22. The molecule has 0 radical (unpaired) electrons. The molecule has 0 saturated carbocycles. The maximum Gasteiger partial charge on any atom is 0.310 e. The van der Waals surface area contributed by atoms with Crippen molar-refractivity contribution in [3.05, 3.63) is 0 Å². The third-order valence-electron chi connectivity index (χ3n) is 2.22. The SMILES string of the molecule is CCNCC(C)C(=O)OC(C)CC(C)C. The number of ether oxygens (including phenoxy) is 1. The first-order valence-corrected chi connectivity index (χ1v) is 5.88. The standard InChI is InChI=1S/C12H25NO2/c1-6-13-8-10(4)12(14)15-11(5)7-9(2)3/h9-11,13H,6-8H2,1-5H3. The summed E-state index contributed by atoms with van der Waals surface area (Å²) >= 11 is 0. The Hall–Kier alpha value is -0.570. The van der Waals surface area contributed by atoms with Gasteiger partial charge in [-0.1, -0.05) is 27.7 Å². The van der Waals surface area contributed by atoms with E-state index in [2.05, 4.69) is 19.2 Å². The summed E-state index contributed by atoms with van der Waals surface area (Å²) in [6, 6.07) is 0. The lowest BCUT2D eigenvalue weighted by atomic mass is 10.1. The van der Waals surface area contributed by atoms with Gasteiger partial charge in [0.15, 0.2) is 0 Å². The Morgan fingerprint density at radius 2 is 1.87 bits per heavy atom. The summed E-state index contributed by atoms with van der Waals surface area (Å²) in [5.41, 5.74) is 0. The highest BCUT2D eigenvalue weighted by Gasteiger charge is 2.17. The van der Waals surface area contributed by atoms with Crippen molar-refractivity contribution in [2.24, 2.45) is 11.8 Å². The predicted octanol–water partition coefficient (Wildman–Crippen LogP) is 2.21. The van der Waals surface area contributed by atoms with Crippen molar-refractivity contribution in [3.63, 3.8) is 0 Å². The molecule has 1 N–H and O–H groups in total. The average Bonchev–Trinajstić information content (AvgIpc) is 2.12. The van der Waals surface area contributed by atoms with Crippen molar-refractivity contribution >= 4 is 5.97 Å². The van der Waals surface area contributed by atoms with Gasteiger partial charge in [0.25, 0.3) is 0 Å². The minimum absolute atomic E-state index is 0.0292. The van der Waals surface area contributed by atoms with Crippen LogP contribution in [0, 0.1) is 11.8 Å². The number of carbonyl (C=O) groups is 1. The molecule has 0 aromatic rings. The van der Waals surface area contributed by atoms with E-state index in [9.17, 15) is 4.79 Å². The van der Waals surface area contributed by atoms with E-state index in [0.717, 1.165) is 13.0 Å². The molecule has 90 valence electrons. The number of esters is 1. The van der Waals surface area contributed by atoms with Gasteiger partial charge in [0.05, 0.1) is 12.0 Å². The first-order valence-electron chi connectivity index (χ1n) is 5.88. The molecular formula is C12H25NO2. The molecule has 0 aromatic carbocycles. The predicted molar refractivity (Wildman–Crippen MR) is 62.7 cm³/mol. The summed E-state index contributed by atoms with van der Waals surface area (Å²) in [5, 5.41) is 3.14. The van der Waals surface area contributed by atoms with E-state index in [-0.39, 0.29) is 18.0 Å². The molecule has 3 nitrogen and oxygen atoms in total. The summed E-state index contributed by atoms with van der Waals surface area (Å²) in [5.74, 6) is 0.417. The maximum atomic E-state index is 11.6. The van der Waals surface area contributed by atoms with Crippen molar-refractivity contribution in [3.8, 4) is 0 Å². The Balaban J connectivity index is 3.80. The van der Waals surface area contributed by atoms with Crippen LogP contribution in [0.2, 0.25) is 0 Å². The molecule has 2 unspecified atom stereocenters. The molecule has 15 heavy (non-hydrogen) atoms. The zero-order valence-electron chi connectivity index (χ0n) is 10.7. The van der Waals surface area contributed by atoms with E-state index >= 15 is 0 Å². The van der Waals surface area contributed by atoms with Crippen molar-refractivity contribution in [1.29, 1.82) is 0 Å². The summed E-state index contributed by atoms with van der Waals surface area (Å²) in [7, 11) is 0. The number of nitrogens with one attached hydrogen (secondary N) is 1. The van der Waals surface area contributed by atoms with Gasteiger partial charge in [-0.2, -0.15) is 0 Å². The molecule has 0 aliphatic heterocycles. The van der Waals surface area contributed by atoms with E-state index in [1.54, 1.807) is 0 Å². The minimum Gasteiger partial charge on any atom is -0.462 e. The molecule has 0 aromatic heterocycles. The Labute approximate surface area is 93.6 Å². The second-order valence-electron chi connectivity index (χ2n) is 4.59. The second kappa shape index (κ2) is 7.69. The Kier molecular flexibility index (Phi) is 7.39. The molecule has 0 fully saturated rings. The summed E-state index contributed by atoms with van der Waals surface area (Å²) in [6.07, 6.45) is 0.959. The first-order chi connectivity index (χ1) is 6.97. The van der Waals surface area contributed by atoms with E-state index in [0.29, 0.717) is 12.5 Å². The Morgan fingerprint density at radius 1 is 1.27 bits per heavy atom. The highest BCUT2D eigenvalue weighted by Crippen LogP contribution is 2.09. The van der Waals surface area contributed by atoms with Crippen LogP contribution >= 0.6 is 0 Å². The molecule has 0 spiro atoms. The van der Waals surface area contributed by atoms with Crippen LogP contribution in [-0.2, 0) is 9.53 Å². The second-order valence-corrected chi connectivity index (χ2v) is 4.59. The molecule has 3 heteroatoms. The fourth-order valence-corrected chi connectivity index (χ4v) is 1.47. The van der Waals surface area contributed by atoms with Gasteiger partial charge in [-0.25, -0.2) is 0 Å². The fourth-order valence-electron chi connectivity index (χ4n) is 1.47. The van der Waals surface area contributed by atoms with Crippen LogP contribution < -0.4 is 5.32 Å². The minimum atomic E-state index is -0.0934. The van der Waals surface area contributed by atoms with Crippen LogP contribution in [0.4, 0.5) is 0 Å². The van der Waals surface area contributed by atoms with Gasteiger partial charge >= 0.3 is 5.97 Å². The van der Waals surface area contributed by atoms with Gasteiger partial charge in [-0.15, -0.1) is 0 Å². The van der Waals surface area contributed by atoms with E-state index in [4.69, 9.17) is 4.74 Å². The van der Waals surface area contributed by atoms with Gasteiger partial charge in [-0.05, 0) is 25.8 Å². The largest absolute Gasteiger partial charge is 0.462 e. The molecule has 0 aliphatic rings. The number of carbonyl (C=O) groups excluding carboxylic acids is 1. The number of hydrogen-bond donors (Lipinski definition) is 1. The van der Waals surface area contributed by atoms with Gasteiger partial charge in [0.1, 0.15) is 0 Å². The number of rotatable bonds is 7. The van der Waals surface area contributed by atoms with Crippen molar-refractivity contribution in [2.45, 2.75) is 47.1 Å². The Bertz CT molecular complexity index is 180. The molecule has 0 amide bonds. The Morgan fingerprint density at radius 3 is 2.33 bits per heavy atom. The van der Waals surface area contributed by atoms with Crippen LogP contribution in [0.1, 0.15) is 41.0 Å². The lowest BCUT2D eigenvalue weighted by molar-refractivity contribution is -0.153. The molecule has 0 aliphatic carbocycles. The van der Waals surface area contributed by atoms with Crippen LogP contribution in [0.25, 0.3) is 0 Å². The maximum absolute atomic E-state index is 11.6. The monoisotopic (exact) mass is 215 g/mol. The van der Waals surface area contributed by atoms with Gasteiger partial charge in [0.2, 0.25) is 0 Å². The van der Waals surface area contributed by atoms with Crippen molar-refractivity contribution < 1.29 is 9.53 Å². The van der Waals surface area contributed by atoms with Crippen LogP contribution in [0.5, 0.6) is 0 Å². The van der Waals surface area contributed by atoms with Crippen LogP contribution in [0.15, 0.2) is 0 Å². The summed E-state index contributed by atoms with van der Waals surface area (Å²) in [4.78, 5) is 11.6. The molecule has 0 rings (SSSR count). The van der Waals surface area contributed by atoms with Gasteiger partial charge in [0, 0.05) is 6.54 Å². The molecule has 0 bridgehead atoms. The summed E-state index contributed by atoms with van der Waals surface area (Å²) < 4.78 is 5.34. The summed E-state index contributed by atoms with van der Waals surface area (Å²) in [6.45, 7) is 11.7. The topological polar surface area (TPSA) is 38.3 Å². The molecular weight excluding hydrogens is 190 g/mol. The van der Waals surface area contributed by atoms with Crippen LogP contribution in [-0.4, -0.2) is 25.2 Å².